The summed E-state index contributed by atoms with van der Waals surface area (Å²) in [6, 6.07) is 3.15. The van der Waals surface area contributed by atoms with Crippen molar-refractivity contribution in [2.24, 2.45) is 0 Å². The number of nitrogens with zero attached hydrogens (tertiary/aromatic N) is 3. The Hall–Kier alpha value is -2.38. The molecular weight excluding hydrogens is 321 g/mol. The number of rotatable bonds is 4. The first kappa shape index (κ1) is 16.5. The molecule has 0 spiro atoms. The predicted octanol–water partition coefficient (Wildman–Crippen LogP) is 2.61. The van der Waals surface area contributed by atoms with Gasteiger partial charge in [-0.05, 0) is 37.8 Å². The van der Waals surface area contributed by atoms with Crippen LogP contribution in [0.2, 0.25) is 0 Å². The molecule has 0 bridgehead atoms. The molecule has 0 saturated heterocycles. The van der Waals surface area contributed by atoms with Crippen LogP contribution in [-0.2, 0) is 25.6 Å². The number of carbonyl (C=O) groups is 1. The van der Waals surface area contributed by atoms with Crippen LogP contribution >= 0.6 is 0 Å². The van der Waals surface area contributed by atoms with E-state index in [1.54, 1.807) is 12.1 Å². The number of pyridine rings is 1. The van der Waals surface area contributed by atoms with Gasteiger partial charge in [0.25, 0.3) is 5.91 Å². The van der Waals surface area contributed by atoms with E-state index in [0.29, 0.717) is 29.7 Å². The van der Waals surface area contributed by atoms with Gasteiger partial charge < -0.3 is 5.32 Å². The molecule has 0 atom stereocenters. The van der Waals surface area contributed by atoms with Crippen molar-refractivity contribution in [3.8, 4) is 0 Å². The number of hydrogen-bond acceptors (Lipinski definition) is 3. The number of alkyl halides is 3. The van der Waals surface area contributed by atoms with E-state index in [2.05, 4.69) is 15.4 Å². The molecule has 2 aromatic heterocycles. The molecule has 0 unspecified atom stereocenters. The summed E-state index contributed by atoms with van der Waals surface area (Å²) in [6.45, 7) is 0.432. The Morgan fingerprint density at radius 1 is 1.21 bits per heavy atom. The van der Waals surface area contributed by atoms with E-state index in [-0.39, 0.29) is 19.0 Å². The maximum atomic E-state index is 13.1. The van der Waals surface area contributed by atoms with Crippen LogP contribution in [0.3, 0.4) is 0 Å². The lowest BCUT2D eigenvalue weighted by atomic mass is 9.95. The summed E-state index contributed by atoms with van der Waals surface area (Å²) in [4.78, 5) is 15.8. The number of carbonyl (C=O) groups excluding carboxylic acids is 1. The molecule has 2 heterocycles. The smallest absolute Gasteiger partial charge is 0.350 e. The summed E-state index contributed by atoms with van der Waals surface area (Å²) in [5.74, 6) is -0.283. The maximum absolute atomic E-state index is 13.1. The van der Waals surface area contributed by atoms with Gasteiger partial charge in [-0.3, -0.25) is 14.5 Å². The number of amides is 1. The summed E-state index contributed by atoms with van der Waals surface area (Å²) in [6.07, 6.45) is 1.19. The van der Waals surface area contributed by atoms with Gasteiger partial charge in [0, 0.05) is 35.8 Å². The third-order valence-corrected chi connectivity index (χ3v) is 4.08. The number of hydrogen-bond donors (Lipinski definition) is 1. The highest BCUT2D eigenvalue weighted by Gasteiger charge is 2.39. The SMILES string of the molecule is O=C(NCCn1nc(C(F)(F)F)c2c1CCCC2)c1ccncc1. The molecule has 24 heavy (non-hydrogen) atoms. The van der Waals surface area contributed by atoms with Crippen LogP contribution < -0.4 is 5.32 Å². The van der Waals surface area contributed by atoms with E-state index in [1.807, 2.05) is 0 Å². The van der Waals surface area contributed by atoms with E-state index in [1.165, 1.54) is 17.1 Å². The van der Waals surface area contributed by atoms with Crippen molar-refractivity contribution in [3.05, 3.63) is 47.0 Å². The second-order valence-electron chi connectivity index (χ2n) is 5.69. The largest absolute Gasteiger partial charge is 0.435 e. The van der Waals surface area contributed by atoms with Gasteiger partial charge in [0.1, 0.15) is 0 Å². The van der Waals surface area contributed by atoms with Crippen molar-refractivity contribution in [3.63, 3.8) is 0 Å². The van der Waals surface area contributed by atoms with Crippen LogP contribution in [-0.4, -0.2) is 27.2 Å². The monoisotopic (exact) mass is 338 g/mol. The minimum absolute atomic E-state index is 0.215. The quantitative estimate of drug-likeness (QED) is 0.932. The highest BCUT2D eigenvalue weighted by molar-refractivity contribution is 5.93. The topological polar surface area (TPSA) is 59.8 Å². The lowest BCUT2D eigenvalue weighted by molar-refractivity contribution is -0.142. The molecule has 0 fully saturated rings. The Bertz CT molecular complexity index is 725. The Kier molecular flexibility index (Phi) is 4.55. The van der Waals surface area contributed by atoms with Crippen molar-refractivity contribution in [2.75, 3.05) is 6.54 Å². The molecule has 5 nitrogen and oxygen atoms in total. The number of halogens is 3. The van der Waals surface area contributed by atoms with E-state index >= 15 is 0 Å². The van der Waals surface area contributed by atoms with Gasteiger partial charge in [-0.1, -0.05) is 0 Å². The van der Waals surface area contributed by atoms with Gasteiger partial charge in [0.15, 0.2) is 5.69 Å². The first-order valence-electron chi connectivity index (χ1n) is 7.81. The van der Waals surface area contributed by atoms with Crippen LogP contribution in [0.15, 0.2) is 24.5 Å². The zero-order chi connectivity index (χ0) is 17.2. The molecule has 1 aliphatic rings. The summed E-state index contributed by atoms with van der Waals surface area (Å²) in [5, 5.41) is 6.46. The maximum Gasteiger partial charge on any atom is 0.435 e. The number of nitrogens with one attached hydrogen (secondary N) is 1. The second kappa shape index (κ2) is 6.62. The number of aromatic nitrogens is 3. The molecule has 1 N–H and O–H groups in total. The highest BCUT2D eigenvalue weighted by Crippen LogP contribution is 2.35. The van der Waals surface area contributed by atoms with Crippen LogP contribution in [0.4, 0.5) is 13.2 Å². The average molecular weight is 338 g/mol. The summed E-state index contributed by atoms with van der Waals surface area (Å²) >= 11 is 0. The van der Waals surface area contributed by atoms with Crippen molar-refractivity contribution in [1.29, 1.82) is 0 Å². The molecule has 0 aliphatic heterocycles. The van der Waals surface area contributed by atoms with Crippen molar-refractivity contribution in [1.82, 2.24) is 20.1 Å². The molecule has 2 aromatic rings. The highest BCUT2D eigenvalue weighted by atomic mass is 19.4. The first-order valence-corrected chi connectivity index (χ1v) is 7.81. The summed E-state index contributed by atoms with van der Waals surface area (Å²) < 4.78 is 40.7. The summed E-state index contributed by atoms with van der Waals surface area (Å²) in [7, 11) is 0. The number of fused-ring (bicyclic) bond motifs is 1. The van der Waals surface area contributed by atoms with Gasteiger partial charge in [-0.15, -0.1) is 0 Å². The minimum atomic E-state index is -4.44. The van der Waals surface area contributed by atoms with Gasteiger partial charge >= 0.3 is 6.18 Å². The van der Waals surface area contributed by atoms with E-state index in [4.69, 9.17) is 0 Å². The van der Waals surface area contributed by atoms with Crippen LogP contribution in [0.25, 0.3) is 0 Å². The van der Waals surface area contributed by atoms with Gasteiger partial charge in [0.05, 0.1) is 6.54 Å². The van der Waals surface area contributed by atoms with Gasteiger partial charge in [0.2, 0.25) is 0 Å². The van der Waals surface area contributed by atoms with E-state index in [0.717, 1.165) is 12.8 Å². The minimum Gasteiger partial charge on any atom is -0.350 e. The molecule has 0 aromatic carbocycles. The third kappa shape index (κ3) is 3.42. The fourth-order valence-electron chi connectivity index (χ4n) is 2.96. The van der Waals surface area contributed by atoms with Crippen LogP contribution in [0.5, 0.6) is 0 Å². The molecule has 0 saturated carbocycles. The Morgan fingerprint density at radius 3 is 2.62 bits per heavy atom. The van der Waals surface area contributed by atoms with Crippen LogP contribution in [0, 0.1) is 0 Å². The Morgan fingerprint density at radius 2 is 1.92 bits per heavy atom. The van der Waals surface area contributed by atoms with Crippen molar-refractivity contribution in [2.45, 2.75) is 38.4 Å². The zero-order valence-corrected chi connectivity index (χ0v) is 12.9. The molecule has 1 aliphatic carbocycles. The molecular formula is C16H17F3N4O. The summed E-state index contributed by atoms with van der Waals surface area (Å²) in [5.41, 5.74) is 0.641. The lowest BCUT2D eigenvalue weighted by Crippen LogP contribution is -2.28. The fraction of sp³-hybridized carbons (Fsp3) is 0.438. The molecule has 8 heteroatoms. The van der Waals surface area contributed by atoms with E-state index < -0.39 is 11.9 Å². The van der Waals surface area contributed by atoms with Gasteiger partial charge in [-0.2, -0.15) is 18.3 Å². The molecule has 3 rings (SSSR count). The average Bonchev–Trinajstić information content (AvgIpc) is 2.95. The zero-order valence-electron chi connectivity index (χ0n) is 12.9. The Balaban J connectivity index is 1.69. The van der Waals surface area contributed by atoms with Crippen molar-refractivity contribution >= 4 is 5.91 Å². The van der Waals surface area contributed by atoms with Crippen molar-refractivity contribution < 1.29 is 18.0 Å². The Labute approximate surface area is 136 Å². The third-order valence-electron chi connectivity index (χ3n) is 4.08. The molecule has 0 radical (unpaired) electrons. The molecule has 1 amide bonds. The second-order valence-corrected chi connectivity index (χ2v) is 5.69. The fourth-order valence-corrected chi connectivity index (χ4v) is 2.96. The van der Waals surface area contributed by atoms with Gasteiger partial charge in [-0.25, -0.2) is 0 Å². The normalized spacial score (nSPS) is 14.3. The lowest BCUT2D eigenvalue weighted by Gasteiger charge is -2.15. The first-order chi connectivity index (χ1) is 11.5. The van der Waals surface area contributed by atoms with E-state index in [9.17, 15) is 18.0 Å². The predicted molar refractivity (Wildman–Crippen MR) is 80.4 cm³/mol. The standard InChI is InChI=1S/C16H17F3N4O/c17-16(18,19)14-12-3-1-2-4-13(12)23(22-14)10-9-21-15(24)11-5-7-20-8-6-11/h5-8H,1-4,9-10H2,(H,21,24). The molecule has 128 valence electrons. The van der Waals surface area contributed by atoms with Crippen LogP contribution in [0.1, 0.15) is 40.2 Å².